The summed E-state index contributed by atoms with van der Waals surface area (Å²) in [5, 5.41) is 22.7. The molecule has 3 aromatic carbocycles. The summed E-state index contributed by atoms with van der Waals surface area (Å²) in [6.45, 7) is 4.05. The number of hydrogen-bond acceptors (Lipinski definition) is 5. The van der Waals surface area contributed by atoms with E-state index in [0.717, 1.165) is 31.4 Å². The molecule has 1 heterocycles. The molecule has 0 fully saturated rings. The van der Waals surface area contributed by atoms with Crippen LogP contribution in [0.4, 0.5) is 5.69 Å². The standard InChI is InChI=1S/C24H20Br2N4O2S/c1-14-3-9-20(15(2)11-14)30-23(19-12-17(26)6-10-21(19)31)28-29-24(30)33-13-22(32)27-18-7-4-16(25)5-8-18/h3-12,31H,13H2,1-2H3,(H,27,32). The van der Waals surface area contributed by atoms with Crippen molar-refractivity contribution in [2.75, 3.05) is 11.1 Å². The number of aromatic nitrogens is 3. The average Bonchev–Trinajstić information content (AvgIpc) is 3.19. The molecule has 1 aromatic heterocycles. The Bertz CT molecular complexity index is 1320. The van der Waals surface area contributed by atoms with Crippen LogP contribution in [0.15, 0.2) is 74.8 Å². The molecule has 0 aliphatic rings. The van der Waals surface area contributed by atoms with E-state index < -0.39 is 0 Å². The molecule has 0 spiro atoms. The Balaban J connectivity index is 1.68. The molecule has 2 N–H and O–H groups in total. The van der Waals surface area contributed by atoms with Crippen LogP contribution < -0.4 is 5.32 Å². The number of phenols is 1. The number of carbonyl (C=O) groups is 1. The Labute approximate surface area is 212 Å². The molecule has 4 rings (SSSR count). The Morgan fingerprint density at radius 2 is 1.73 bits per heavy atom. The van der Waals surface area contributed by atoms with Crippen LogP contribution in [0.1, 0.15) is 11.1 Å². The maximum Gasteiger partial charge on any atom is 0.234 e. The summed E-state index contributed by atoms with van der Waals surface area (Å²) in [6, 6.07) is 18.7. The van der Waals surface area contributed by atoms with Crippen molar-refractivity contribution in [3.8, 4) is 22.8 Å². The van der Waals surface area contributed by atoms with Crippen LogP contribution in [0.5, 0.6) is 5.75 Å². The van der Waals surface area contributed by atoms with Crippen LogP contribution in [-0.2, 0) is 4.79 Å². The van der Waals surface area contributed by atoms with Gasteiger partial charge in [0, 0.05) is 14.6 Å². The summed E-state index contributed by atoms with van der Waals surface area (Å²) >= 11 is 8.14. The molecule has 1 amide bonds. The fourth-order valence-electron chi connectivity index (χ4n) is 3.36. The SMILES string of the molecule is Cc1ccc(-n2c(SCC(=O)Nc3ccc(Br)cc3)nnc2-c2cc(Br)ccc2O)c(C)c1. The van der Waals surface area contributed by atoms with Crippen LogP contribution in [-0.4, -0.2) is 31.5 Å². The van der Waals surface area contributed by atoms with Gasteiger partial charge in [-0.25, -0.2) is 0 Å². The molecule has 4 aromatic rings. The van der Waals surface area contributed by atoms with Crippen LogP contribution in [0.3, 0.4) is 0 Å². The van der Waals surface area contributed by atoms with Crippen molar-refractivity contribution in [2.24, 2.45) is 0 Å². The second-order valence-electron chi connectivity index (χ2n) is 7.44. The molecule has 0 aliphatic carbocycles. The zero-order valence-corrected chi connectivity index (χ0v) is 21.8. The number of thioether (sulfide) groups is 1. The van der Waals surface area contributed by atoms with E-state index in [0.29, 0.717) is 16.5 Å². The van der Waals surface area contributed by atoms with Gasteiger partial charge in [0.2, 0.25) is 5.91 Å². The van der Waals surface area contributed by atoms with Crippen molar-refractivity contribution in [1.82, 2.24) is 14.8 Å². The van der Waals surface area contributed by atoms with E-state index in [9.17, 15) is 9.90 Å². The van der Waals surface area contributed by atoms with Gasteiger partial charge in [-0.3, -0.25) is 9.36 Å². The number of nitrogens with zero attached hydrogens (tertiary/aromatic N) is 3. The maximum atomic E-state index is 12.6. The molecule has 0 atom stereocenters. The van der Waals surface area contributed by atoms with Crippen molar-refractivity contribution in [1.29, 1.82) is 0 Å². The van der Waals surface area contributed by atoms with Crippen LogP contribution in [0.25, 0.3) is 17.1 Å². The van der Waals surface area contributed by atoms with Crippen LogP contribution >= 0.6 is 43.6 Å². The second kappa shape index (κ2) is 10.1. The number of hydrogen-bond donors (Lipinski definition) is 2. The highest BCUT2D eigenvalue weighted by Crippen LogP contribution is 2.35. The third-order valence-corrected chi connectivity index (χ3v) is 6.84. The number of aryl methyl sites for hydroxylation is 2. The smallest absolute Gasteiger partial charge is 0.234 e. The van der Waals surface area contributed by atoms with Gasteiger partial charge in [0.15, 0.2) is 11.0 Å². The summed E-state index contributed by atoms with van der Waals surface area (Å²) in [5.41, 5.74) is 4.32. The minimum Gasteiger partial charge on any atom is -0.507 e. The van der Waals surface area contributed by atoms with E-state index in [2.05, 4.69) is 53.4 Å². The third-order valence-electron chi connectivity index (χ3n) is 4.89. The molecule has 9 heteroatoms. The second-order valence-corrected chi connectivity index (χ2v) is 10.2. The lowest BCUT2D eigenvalue weighted by Crippen LogP contribution is -2.14. The van der Waals surface area contributed by atoms with E-state index in [1.807, 2.05) is 54.8 Å². The summed E-state index contributed by atoms with van der Waals surface area (Å²) in [5.74, 6) is 0.603. The third kappa shape index (κ3) is 5.48. The average molecular weight is 588 g/mol. The summed E-state index contributed by atoms with van der Waals surface area (Å²) in [4.78, 5) is 12.6. The minimum atomic E-state index is -0.149. The Morgan fingerprint density at radius 1 is 1.00 bits per heavy atom. The summed E-state index contributed by atoms with van der Waals surface area (Å²) < 4.78 is 3.64. The zero-order chi connectivity index (χ0) is 23.5. The van der Waals surface area contributed by atoms with Gasteiger partial charge >= 0.3 is 0 Å². The van der Waals surface area contributed by atoms with E-state index in [4.69, 9.17) is 0 Å². The molecule has 6 nitrogen and oxygen atoms in total. The lowest BCUT2D eigenvalue weighted by Gasteiger charge is -2.14. The van der Waals surface area contributed by atoms with Crippen molar-refractivity contribution >= 4 is 55.2 Å². The molecular weight excluding hydrogens is 568 g/mol. The quantitative estimate of drug-likeness (QED) is 0.251. The first-order chi connectivity index (χ1) is 15.8. The highest BCUT2D eigenvalue weighted by molar-refractivity contribution is 9.10. The van der Waals surface area contributed by atoms with Crippen molar-refractivity contribution in [2.45, 2.75) is 19.0 Å². The normalized spacial score (nSPS) is 10.9. The first-order valence-electron chi connectivity index (χ1n) is 10.0. The van der Waals surface area contributed by atoms with Crippen molar-refractivity contribution in [3.63, 3.8) is 0 Å². The molecular formula is C24H20Br2N4O2S. The van der Waals surface area contributed by atoms with Crippen LogP contribution in [0, 0.1) is 13.8 Å². The number of amides is 1. The number of nitrogens with one attached hydrogen (secondary N) is 1. The number of rotatable bonds is 6. The van der Waals surface area contributed by atoms with Gasteiger partial charge < -0.3 is 10.4 Å². The number of carbonyl (C=O) groups excluding carboxylic acids is 1. The molecule has 0 bridgehead atoms. The van der Waals surface area contributed by atoms with Gasteiger partial charge in [-0.2, -0.15) is 0 Å². The zero-order valence-electron chi connectivity index (χ0n) is 17.8. The Kier molecular flexibility index (Phi) is 7.21. The van der Waals surface area contributed by atoms with Gasteiger partial charge in [0.25, 0.3) is 0 Å². The molecule has 168 valence electrons. The molecule has 0 saturated carbocycles. The molecule has 0 unspecified atom stereocenters. The van der Waals surface area contributed by atoms with Gasteiger partial charge in [-0.15, -0.1) is 10.2 Å². The number of halogens is 2. The number of aromatic hydroxyl groups is 1. The monoisotopic (exact) mass is 586 g/mol. The van der Waals surface area contributed by atoms with Gasteiger partial charge in [-0.1, -0.05) is 61.3 Å². The number of anilines is 1. The molecule has 0 aliphatic heterocycles. The lowest BCUT2D eigenvalue weighted by atomic mass is 10.1. The van der Waals surface area contributed by atoms with Gasteiger partial charge in [0.05, 0.1) is 17.0 Å². The summed E-state index contributed by atoms with van der Waals surface area (Å²) in [6.07, 6.45) is 0. The molecule has 0 saturated heterocycles. The highest BCUT2D eigenvalue weighted by Gasteiger charge is 2.21. The van der Waals surface area contributed by atoms with Gasteiger partial charge in [0.1, 0.15) is 5.75 Å². The topological polar surface area (TPSA) is 80.0 Å². The predicted octanol–water partition coefficient (Wildman–Crippen LogP) is 6.51. The number of phenolic OH excluding ortho intramolecular Hbond substituents is 1. The first-order valence-corrected chi connectivity index (χ1v) is 12.6. The molecule has 33 heavy (non-hydrogen) atoms. The lowest BCUT2D eigenvalue weighted by molar-refractivity contribution is -0.113. The largest absolute Gasteiger partial charge is 0.507 e. The van der Waals surface area contributed by atoms with E-state index in [-0.39, 0.29) is 17.4 Å². The minimum absolute atomic E-state index is 0.0983. The Hall–Kier alpha value is -2.62. The Morgan fingerprint density at radius 3 is 2.45 bits per heavy atom. The summed E-state index contributed by atoms with van der Waals surface area (Å²) in [7, 11) is 0. The molecule has 0 radical (unpaired) electrons. The van der Waals surface area contributed by atoms with E-state index in [1.54, 1.807) is 18.2 Å². The first kappa shape index (κ1) is 23.5. The fourth-order valence-corrected chi connectivity index (χ4v) is 4.73. The van der Waals surface area contributed by atoms with Crippen LogP contribution in [0.2, 0.25) is 0 Å². The van der Waals surface area contributed by atoms with Crippen molar-refractivity contribution < 1.29 is 9.90 Å². The maximum absolute atomic E-state index is 12.6. The van der Waals surface area contributed by atoms with E-state index in [1.165, 1.54) is 11.8 Å². The van der Waals surface area contributed by atoms with Gasteiger partial charge in [-0.05, 0) is 67.9 Å². The van der Waals surface area contributed by atoms with Crippen molar-refractivity contribution in [3.05, 3.63) is 80.7 Å². The predicted molar refractivity (Wildman–Crippen MR) is 139 cm³/mol. The number of benzene rings is 3. The van der Waals surface area contributed by atoms with E-state index >= 15 is 0 Å². The highest BCUT2D eigenvalue weighted by atomic mass is 79.9. The fraction of sp³-hybridized carbons (Fsp3) is 0.125.